The summed E-state index contributed by atoms with van der Waals surface area (Å²) < 4.78 is 12.9. The highest BCUT2D eigenvalue weighted by atomic mass is 79.9. The zero-order chi connectivity index (χ0) is 11.4. The van der Waals surface area contributed by atoms with E-state index in [0.29, 0.717) is 0 Å². The molecule has 0 saturated heterocycles. The molecule has 15 heavy (non-hydrogen) atoms. The molecular weight excluding hydrogens is 261 g/mol. The van der Waals surface area contributed by atoms with Gasteiger partial charge in [0.05, 0.1) is 10.9 Å². The van der Waals surface area contributed by atoms with Gasteiger partial charge in [-0.1, -0.05) is 28.1 Å². The van der Waals surface area contributed by atoms with Gasteiger partial charge < -0.3 is 5.32 Å². The van der Waals surface area contributed by atoms with Crippen LogP contribution in [0.15, 0.2) is 24.3 Å². The predicted molar refractivity (Wildman–Crippen MR) is 61.3 cm³/mol. The van der Waals surface area contributed by atoms with Gasteiger partial charge in [-0.05, 0) is 31.5 Å². The molecule has 0 fully saturated rings. The van der Waals surface area contributed by atoms with E-state index in [1.807, 2.05) is 6.92 Å². The Morgan fingerprint density at radius 1 is 1.47 bits per heavy atom. The van der Waals surface area contributed by atoms with Crippen LogP contribution in [-0.2, 0) is 4.79 Å². The van der Waals surface area contributed by atoms with Gasteiger partial charge in [0.15, 0.2) is 0 Å². The smallest absolute Gasteiger partial charge is 0.233 e. The van der Waals surface area contributed by atoms with Crippen molar-refractivity contribution in [3.63, 3.8) is 0 Å². The normalized spacial score (nSPS) is 14.4. The average molecular weight is 274 g/mol. The van der Waals surface area contributed by atoms with Crippen molar-refractivity contribution in [3.8, 4) is 0 Å². The quantitative estimate of drug-likeness (QED) is 0.844. The molecule has 0 spiro atoms. The first-order valence-corrected chi connectivity index (χ1v) is 5.62. The highest BCUT2D eigenvalue weighted by Crippen LogP contribution is 2.14. The summed E-state index contributed by atoms with van der Waals surface area (Å²) in [4.78, 5) is 11.1. The van der Waals surface area contributed by atoms with Gasteiger partial charge in [0.2, 0.25) is 5.91 Å². The molecule has 0 aliphatic rings. The van der Waals surface area contributed by atoms with E-state index in [4.69, 9.17) is 0 Å². The van der Waals surface area contributed by atoms with Crippen molar-refractivity contribution in [1.82, 2.24) is 5.32 Å². The van der Waals surface area contributed by atoms with E-state index in [1.165, 1.54) is 12.1 Å². The first-order valence-electron chi connectivity index (χ1n) is 4.70. The van der Waals surface area contributed by atoms with E-state index in [0.717, 1.165) is 5.56 Å². The Bertz CT molecular complexity index is 354. The van der Waals surface area contributed by atoms with Crippen LogP contribution in [0.1, 0.15) is 25.5 Å². The molecule has 82 valence electrons. The Hall–Kier alpha value is -0.900. The molecule has 0 aromatic heterocycles. The molecule has 1 amide bonds. The zero-order valence-corrected chi connectivity index (χ0v) is 10.2. The van der Waals surface area contributed by atoms with Crippen LogP contribution in [0, 0.1) is 5.82 Å². The summed E-state index contributed by atoms with van der Waals surface area (Å²) in [5.74, 6) is -0.396. The topological polar surface area (TPSA) is 29.1 Å². The van der Waals surface area contributed by atoms with Crippen molar-refractivity contribution in [3.05, 3.63) is 35.6 Å². The van der Waals surface area contributed by atoms with Crippen molar-refractivity contribution in [1.29, 1.82) is 0 Å². The molecule has 2 nitrogen and oxygen atoms in total. The average Bonchev–Trinajstić information content (AvgIpc) is 2.17. The standard InChI is InChI=1S/C11H13BrFNO/c1-7(12)11(15)14-8(2)9-4-3-5-10(13)6-9/h3-8H,1-2H3,(H,14,15)/t7?,8-/m1/s1. The number of rotatable bonds is 3. The Kier molecular flexibility index (Phi) is 4.27. The first kappa shape index (κ1) is 12.2. The van der Waals surface area contributed by atoms with Crippen LogP contribution in [0.4, 0.5) is 4.39 Å². The van der Waals surface area contributed by atoms with Gasteiger partial charge in [0, 0.05) is 0 Å². The van der Waals surface area contributed by atoms with Gasteiger partial charge in [0.25, 0.3) is 0 Å². The minimum atomic E-state index is -0.291. The van der Waals surface area contributed by atoms with Crippen LogP contribution in [0.25, 0.3) is 0 Å². The maximum Gasteiger partial charge on any atom is 0.233 e. The number of benzene rings is 1. The van der Waals surface area contributed by atoms with E-state index in [1.54, 1.807) is 19.1 Å². The Labute approximate surface area is 97.0 Å². The fourth-order valence-corrected chi connectivity index (χ4v) is 1.32. The SMILES string of the molecule is CC(Br)C(=O)N[C@H](C)c1cccc(F)c1. The van der Waals surface area contributed by atoms with Gasteiger partial charge in [-0.25, -0.2) is 4.39 Å². The molecule has 0 bridgehead atoms. The van der Waals surface area contributed by atoms with E-state index >= 15 is 0 Å². The minimum Gasteiger partial charge on any atom is -0.349 e. The molecule has 2 atom stereocenters. The lowest BCUT2D eigenvalue weighted by Gasteiger charge is -2.15. The number of alkyl halides is 1. The molecular formula is C11H13BrFNO. The van der Waals surface area contributed by atoms with E-state index in [2.05, 4.69) is 21.2 Å². The van der Waals surface area contributed by atoms with Gasteiger partial charge in [-0.15, -0.1) is 0 Å². The number of nitrogens with one attached hydrogen (secondary N) is 1. The Balaban J connectivity index is 2.69. The van der Waals surface area contributed by atoms with E-state index in [9.17, 15) is 9.18 Å². The zero-order valence-electron chi connectivity index (χ0n) is 8.63. The maximum absolute atomic E-state index is 12.9. The lowest BCUT2D eigenvalue weighted by atomic mass is 10.1. The van der Waals surface area contributed by atoms with Crippen LogP contribution >= 0.6 is 15.9 Å². The summed E-state index contributed by atoms with van der Waals surface area (Å²) in [6, 6.07) is 6.03. The van der Waals surface area contributed by atoms with Crippen LogP contribution in [0.5, 0.6) is 0 Å². The molecule has 1 unspecified atom stereocenters. The van der Waals surface area contributed by atoms with E-state index in [-0.39, 0.29) is 22.6 Å². The monoisotopic (exact) mass is 273 g/mol. The van der Waals surface area contributed by atoms with Crippen LogP contribution in [0.2, 0.25) is 0 Å². The molecule has 0 aliphatic heterocycles. The second-order valence-corrected chi connectivity index (χ2v) is 4.77. The number of amides is 1. The molecule has 0 aliphatic carbocycles. The number of carbonyl (C=O) groups excluding carboxylic acids is 1. The molecule has 0 heterocycles. The molecule has 1 aromatic rings. The summed E-state index contributed by atoms with van der Waals surface area (Å²) >= 11 is 3.17. The summed E-state index contributed by atoms with van der Waals surface area (Å²) in [5, 5.41) is 2.77. The van der Waals surface area contributed by atoms with Crippen LogP contribution in [0.3, 0.4) is 0 Å². The third kappa shape index (κ3) is 3.63. The third-order valence-electron chi connectivity index (χ3n) is 2.07. The first-order chi connectivity index (χ1) is 7.00. The number of halogens is 2. The third-order valence-corrected chi connectivity index (χ3v) is 2.48. The maximum atomic E-state index is 12.9. The number of hydrogen-bond acceptors (Lipinski definition) is 1. The highest BCUT2D eigenvalue weighted by molar-refractivity contribution is 9.10. The number of carbonyl (C=O) groups is 1. The highest BCUT2D eigenvalue weighted by Gasteiger charge is 2.13. The van der Waals surface area contributed by atoms with Crippen molar-refractivity contribution in [2.24, 2.45) is 0 Å². The Morgan fingerprint density at radius 3 is 2.67 bits per heavy atom. The van der Waals surface area contributed by atoms with Crippen molar-refractivity contribution in [2.75, 3.05) is 0 Å². The van der Waals surface area contributed by atoms with Crippen LogP contribution < -0.4 is 5.32 Å². The summed E-state index contributed by atoms with van der Waals surface area (Å²) in [6.45, 7) is 3.57. The summed E-state index contributed by atoms with van der Waals surface area (Å²) in [6.07, 6.45) is 0. The molecule has 1 rings (SSSR count). The van der Waals surface area contributed by atoms with Gasteiger partial charge >= 0.3 is 0 Å². The molecule has 4 heteroatoms. The van der Waals surface area contributed by atoms with Crippen molar-refractivity contribution < 1.29 is 9.18 Å². The largest absolute Gasteiger partial charge is 0.349 e. The predicted octanol–water partition coefficient (Wildman–Crippen LogP) is 2.79. The minimum absolute atomic E-state index is 0.105. The van der Waals surface area contributed by atoms with Crippen molar-refractivity contribution >= 4 is 21.8 Å². The van der Waals surface area contributed by atoms with Gasteiger partial charge in [-0.2, -0.15) is 0 Å². The lowest BCUT2D eigenvalue weighted by molar-refractivity contribution is -0.120. The fraction of sp³-hybridized carbons (Fsp3) is 0.364. The molecule has 1 aromatic carbocycles. The molecule has 1 N–H and O–H groups in total. The van der Waals surface area contributed by atoms with Gasteiger partial charge in [0.1, 0.15) is 5.82 Å². The molecule has 0 saturated carbocycles. The summed E-state index contributed by atoms with van der Waals surface area (Å²) in [5.41, 5.74) is 0.761. The second-order valence-electron chi connectivity index (χ2n) is 3.40. The van der Waals surface area contributed by atoms with Gasteiger partial charge in [-0.3, -0.25) is 4.79 Å². The van der Waals surface area contributed by atoms with E-state index < -0.39 is 0 Å². The van der Waals surface area contributed by atoms with Crippen molar-refractivity contribution in [2.45, 2.75) is 24.7 Å². The summed E-state index contributed by atoms with van der Waals surface area (Å²) in [7, 11) is 0. The lowest BCUT2D eigenvalue weighted by Crippen LogP contribution is -2.31. The molecule has 0 radical (unpaired) electrons. The second kappa shape index (κ2) is 5.26. The number of hydrogen-bond donors (Lipinski definition) is 1. The fourth-order valence-electron chi connectivity index (χ4n) is 1.19. The Morgan fingerprint density at radius 2 is 2.13 bits per heavy atom. The van der Waals surface area contributed by atoms with Crippen LogP contribution in [-0.4, -0.2) is 10.7 Å².